The van der Waals surface area contributed by atoms with Gasteiger partial charge in [-0.05, 0) is 36.4 Å². The summed E-state index contributed by atoms with van der Waals surface area (Å²) < 4.78 is 2.91. The van der Waals surface area contributed by atoms with Crippen molar-refractivity contribution < 1.29 is 0 Å². The monoisotopic (exact) mass is 343 g/mol. The van der Waals surface area contributed by atoms with Gasteiger partial charge >= 0.3 is 0 Å². The maximum atomic E-state index is 11.8. The van der Waals surface area contributed by atoms with E-state index in [9.17, 15) is 4.79 Å². The van der Waals surface area contributed by atoms with Gasteiger partial charge in [-0.3, -0.25) is 9.48 Å². The van der Waals surface area contributed by atoms with Crippen LogP contribution in [0.15, 0.2) is 64.0 Å². The SMILES string of the molecule is O=c1cnn(CCNc2ccc(Br)cc2)c2ccccc12. The van der Waals surface area contributed by atoms with Crippen LogP contribution in [0.5, 0.6) is 0 Å². The molecule has 0 fully saturated rings. The molecule has 21 heavy (non-hydrogen) atoms. The van der Waals surface area contributed by atoms with Gasteiger partial charge in [-0.15, -0.1) is 0 Å². The zero-order valence-corrected chi connectivity index (χ0v) is 12.9. The Morgan fingerprint density at radius 2 is 1.86 bits per heavy atom. The molecule has 0 radical (unpaired) electrons. The minimum Gasteiger partial charge on any atom is -0.383 e. The third-order valence-electron chi connectivity index (χ3n) is 3.26. The van der Waals surface area contributed by atoms with Gasteiger partial charge in [-0.2, -0.15) is 5.10 Å². The van der Waals surface area contributed by atoms with Gasteiger partial charge in [0.05, 0.1) is 18.3 Å². The van der Waals surface area contributed by atoms with Crippen LogP contribution in [0.4, 0.5) is 5.69 Å². The van der Waals surface area contributed by atoms with Gasteiger partial charge in [-0.1, -0.05) is 28.1 Å². The maximum Gasteiger partial charge on any atom is 0.207 e. The number of nitrogens with zero attached hydrogens (tertiary/aromatic N) is 2. The minimum absolute atomic E-state index is 0.0391. The molecule has 0 aliphatic rings. The summed E-state index contributed by atoms with van der Waals surface area (Å²) in [5.74, 6) is 0. The van der Waals surface area contributed by atoms with Crippen molar-refractivity contribution in [3.05, 3.63) is 69.4 Å². The normalized spacial score (nSPS) is 10.7. The van der Waals surface area contributed by atoms with Crippen LogP contribution in [0.25, 0.3) is 10.9 Å². The highest BCUT2D eigenvalue weighted by Crippen LogP contribution is 2.14. The van der Waals surface area contributed by atoms with E-state index >= 15 is 0 Å². The number of anilines is 1. The Labute approximate surface area is 130 Å². The maximum absolute atomic E-state index is 11.8. The molecule has 0 spiro atoms. The topological polar surface area (TPSA) is 46.9 Å². The predicted molar refractivity (Wildman–Crippen MR) is 88.6 cm³/mol. The number of halogens is 1. The molecular weight excluding hydrogens is 330 g/mol. The van der Waals surface area contributed by atoms with E-state index in [1.807, 2.05) is 53.2 Å². The highest BCUT2D eigenvalue weighted by atomic mass is 79.9. The molecule has 1 aromatic heterocycles. The zero-order valence-electron chi connectivity index (χ0n) is 11.3. The van der Waals surface area contributed by atoms with Crippen molar-refractivity contribution in [2.75, 3.05) is 11.9 Å². The van der Waals surface area contributed by atoms with Gasteiger partial charge in [0.2, 0.25) is 5.43 Å². The Hall–Kier alpha value is -2.14. The van der Waals surface area contributed by atoms with Crippen molar-refractivity contribution in [3.8, 4) is 0 Å². The zero-order chi connectivity index (χ0) is 14.7. The average molecular weight is 344 g/mol. The smallest absolute Gasteiger partial charge is 0.207 e. The number of para-hydroxylation sites is 1. The Bertz CT molecular complexity index is 812. The van der Waals surface area contributed by atoms with Crippen molar-refractivity contribution in [1.82, 2.24) is 9.78 Å². The Kier molecular flexibility index (Phi) is 4.01. The average Bonchev–Trinajstić information content (AvgIpc) is 2.52. The molecule has 5 heteroatoms. The quantitative estimate of drug-likeness (QED) is 0.790. The molecule has 3 rings (SSSR count). The summed E-state index contributed by atoms with van der Waals surface area (Å²) in [4.78, 5) is 11.8. The van der Waals surface area contributed by atoms with Crippen molar-refractivity contribution in [3.63, 3.8) is 0 Å². The first-order chi connectivity index (χ1) is 10.2. The first-order valence-electron chi connectivity index (χ1n) is 6.68. The lowest BCUT2D eigenvalue weighted by atomic mass is 10.2. The molecule has 3 aromatic rings. The van der Waals surface area contributed by atoms with Gasteiger partial charge in [0.1, 0.15) is 0 Å². The molecule has 1 heterocycles. The van der Waals surface area contributed by atoms with Crippen LogP contribution in [-0.2, 0) is 6.54 Å². The van der Waals surface area contributed by atoms with Crippen molar-refractivity contribution >= 4 is 32.5 Å². The highest BCUT2D eigenvalue weighted by Gasteiger charge is 2.02. The minimum atomic E-state index is -0.0391. The number of nitrogens with one attached hydrogen (secondary N) is 1. The second-order valence-electron chi connectivity index (χ2n) is 4.68. The lowest BCUT2D eigenvalue weighted by Gasteiger charge is -2.10. The van der Waals surface area contributed by atoms with Crippen LogP contribution in [-0.4, -0.2) is 16.3 Å². The molecule has 0 aliphatic carbocycles. The lowest BCUT2D eigenvalue weighted by molar-refractivity contribution is 0.646. The summed E-state index contributed by atoms with van der Waals surface area (Å²) >= 11 is 3.41. The summed E-state index contributed by atoms with van der Waals surface area (Å²) in [6.45, 7) is 1.43. The summed E-state index contributed by atoms with van der Waals surface area (Å²) in [5, 5.41) is 8.25. The number of rotatable bonds is 4. The summed E-state index contributed by atoms with van der Waals surface area (Å²) in [6, 6.07) is 15.6. The van der Waals surface area contributed by atoms with Crippen molar-refractivity contribution in [2.24, 2.45) is 0 Å². The molecule has 0 saturated carbocycles. The van der Waals surface area contributed by atoms with Gasteiger partial charge in [0.15, 0.2) is 0 Å². The third kappa shape index (κ3) is 3.13. The summed E-state index contributed by atoms with van der Waals surface area (Å²) in [7, 11) is 0. The fourth-order valence-electron chi connectivity index (χ4n) is 2.21. The van der Waals surface area contributed by atoms with E-state index < -0.39 is 0 Å². The van der Waals surface area contributed by atoms with Gasteiger partial charge in [0, 0.05) is 22.1 Å². The van der Waals surface area contributed by atoms with E-state index in [0.717, 1.165) is 22.2 Å². The molecular formula is C16H14BrN3O. The van der Waals surface area contributed by atoms with E-state index in [-0.39, 0.29) is 5.43 Å². The molecule has 0 aliphatic heterocycles. The first kappa shape index (κ1) is 13.8. The number of benzene rings is 2. The van der Waals surface area contributed by atoms with Crippen molar-refractivity contribution in [1.29, 1.82) is 0 Å². The van der Waals surface area contributed by atoms with Crippen LogP contribution in [0.3, 0.4) is 0 Å². The summed E-state index contributed by atoms with van der Waals surface area (Å²) in [6.07, 6.45) is 1.38. The Morgan fingerprint density at radius 1 is 1.10 bits per heavy atom. The molecule has 0 amide bonds. The number of hydrogen-bond acceptors (Lipinski definition) is 3. The molecule has 0 unspecified atom stereocenters. The van der Waals surface area contributed by atoms with Gasteiger partial charge in [0.25, 0.3) is 0 Å². The molecule has 1 N–H and O–H groups in total. The largest absolute Gasteiger partial charge is 0.383 e. The first-order valence-corrected chi connectivity index (χ1v) is 7.48. The summed E-state index contributed by atoms with van der Waals surface area (Å²) in [5.41, 5.74) is 1.88. The van der Waals surface area contributed by atoms with Crippen LogP contribution in [0.1, 0.15) is 0 Å². The van der Waals surface area contributed by atoms with E-state index in [4.69, 9.17) is 0 Å². The highest BCUT2D eigenvalue weighted by molar-refractivity contribution is 9.10. The van der Waals surface area contributed by atoms with Crippen LogP contribution in [0, 0.1) is 0 Å². The fourth-order valence-corrected chi connectivity index (χ4v) is 2.48. The standard InChI is InChI=1S/C16H14BrN3O/c17-12-5-7-13(8-6-12)18-9-10-20-15-4-2-1-3-14(15)16(21)11-19-20/h1-8,11,18H,9-10H2. The van der Waals surface area contributed by atoms with Crippen LogP contribution >= 0.6 is 15.9 Å². The fraction of sp³-hybridized carbons (Fsp3) is 0.125. The molecule has 0 bridgehead atoms. The lowest BCUT2D eigenvalue weighted by Crippen LogP contribution is -2.17. The number of fused-ring (bicyclic) bond motifs is 1. The van der Waals surface area contributed by atoms with E-state index in [1.54, 1.807) is 0 Å². The molecule has 0 atom stereocenters. The number of hydrogen-bond donors (Lipinski definition) is 1. The second-order valence-corrected chi connectivity index (χ2v) is 5.60. The molecule has 106 valence electrons. The number of aromatic nitrogens is 2. The third-order valence-corrected chi connectivity index (χ3v) is 3.79. The molecule has 0 saturated heterocycles. The molecule has 2 aromatic carbocycles. The van der Waals surface area contributed by atoms with E-state index in [1.165, 1.54) is 6.20 Å². The predicted octanol–water partition coefficient (Wildman–Crippen LogP) is 3.27. The van der Waals surface area contributed by atoms with Gasteiger partial charge in [-0.25, -0.2) is 0 Å². The van der Waals surface area contributed by atoms with E-state index in [0.29, 0.717) is 11.9 Å². The van der Waals surface area contributed by atoms with Crippen molar-refractivity contribution in [2.45, 2.75) is 6.54 Å². The molecule has 4 nitrogen and oxygen atoms in total. The Balaban J connectivity index is 1.75. The van der Waals surface area contributed by atoms with Gasteiger partial charge < -0.3 is 5.32 Å². The van der Waals surface area contributed by atoms with E-state index in [2.05, 4.69) is 26.3 Å². The second kappa shape index (κ2) is 6.10. The van der Waals surface area contributed by atoms with Crippen LogP contribution in [0.2, 0.25) is 0 Å². The van der Waals surface area contributed by atoms with Crippen LogP contribution < -0.4 is 10.7 Å². The Morgan fingerprint density at radius 3 is 2.67 bits per heavy atom.